The van der Waals surface area contributed by atoms with Crippen LogP contribution in [0.4, 0.5) is 0 Å². The second-order valence-corrected chi connectivity index (χ2v) is 7.69. The Morgan fingerprint density at radius 2 is 2.06 bits per heavy atom. The van der Waals surface area contributed by atoms with E-state index in [0.29, 0.717) is 5.25 Å². The lowest BCUT2D eigenvalue weighted by Crippen LogP contribution is -2.30. The number of halogens is 1. The van der Waals surface area contributed by atoms with Gasteiger partial charge in [-0.25, -0.2) is 8.42 Å². The summed E-state index contributed by atoms with van der Waals surface area (Å²) >= 11 is 1.65. The first-order chi connectivity index (χ1) is 7.54. The van der Waals surface area contributed by atoms with Crippen molar-refractivity contribution in [2.24, 2.45) is 0 Å². The van der Waals surface area contributed by atoms with Crippen LogP contribution < -0.4 is 0 Å². The Labute approximate surface area is 104 Å². The molecule has 1 fully saturated rings. The van der Waals surface area contributed by atoms with E-state index in [2.05, 4.69) is 0 Å². The molecule has 1 aliphatic rings. The molecule has 0 amide bonds. The van der Waals surface area contributed by atoms with Gasteiger partial charge in [0.05, 0.1) is 24.2 Å². The first-order valence-electron chi connectivity index (χ1n) is 4.79. The quantitative estimate of drug-likeness (QED) is 0.793. The lowest BCUT2D eigenvalue weighted by Gasteiger charge is -2.25. The van der Waals surface area contributed by atoms with Gasteiger partial charge in [0.1, 0.15) is 0 Å². The van der Waals surface area contributed by atoms with E-state index in [1.165, 1.54) is 0 Å². The van der Waals surface area contributed by atoms with Gasteiger partial charge in [0.15, 0.2) is 0 Å². The van der Waals surface area contributed by atoms with E-state index in [-0.39, 0.29) is 5.75 Å². The van der Waals surface area contributed by atoms with E-state index in [4.69, 9.17) is 15.4 Å². The largest absolute Gasteiger partial charge is 0.379 e. The molecule has 1 saturated heterocycles. The summed E-state index contributed by atoms with van der Waals surface area (Å²) in [7, 11) is 1.77. The molecule has 88 valence electrons. The third kappa shape index (κ3) is 3.38. The third-order valence-corrected chi connectivity index (χ3v) is 4.44. The minimum absolute atomic E-state index is 0.120. The lowest BCUT2D eigenvalue weighted by atomic mass is 10.2. The standard InChI is InChI=1S/C10H11ClO3S2/c11-16(12,13)7-8-3-1-2-4-10(8)15-9-5-14-6-9/h1-4,9H,5-7H2. The first-order valence-corrected chi connectivity index (χ1v) is 8.15. The van der Waals surface area contributed by atoms with Crippen LogP contribution in [0.3, 0.4) is 0 Å². The third-order valence-electron chi connectivity index (χ3n) is 2.20. The molecular formula is C10H11ClO3S2. The smallest absolute Gasteiger partial charge is 0.236 e. The van der Waals surface area contributed by atoms with Crippen LogP contribution in [-0.2, 0) is 19.5 Å². The summed E-state index contributed by atoms with van der Waals surface area (Å²) in [5.74, 6) is -0.120. The number of benzene rings is 1. The maximum Gasteiger partial charge on any atom is 0.236 e. The molecule has 0 radical (unpaired) electrons. The number of hydrogen-bond donors (Lipinski definition) is 0. The van der Waals surface area contributed by atoms with Gasteiger partial charge in [-0.1, -0.05) is 18.2 Å². The van der Waals surface area contributed by atoms with Crippen LogP contribution in [0.5, 0.6) is 0 Å². The van der Waals surface area contributed by atoms with Crippen molar-refractivity contribution in [2.75, 3.05) is 13.2 Å². The number of ether oxygens (including phenoxy) is 1. The average Bonchev–Trinajstić information content (AvgIpc) is 2.11. The lowest BCUT2D eigenvalue weighted by molar-refractivity contribution is 0.0455. The molecule has 1 aromatic carbocycles. The molecule has 0 spiro atoms. The van der Waals surface area contributed by atoms with E-state index < -0.39 is 9.05 Å². The zero-order valence-electron chi connectivity index (χ0n) is 8.43. The number of rotatable bonds is 4. The predicted octanol–water partition coefficient (Wildman–Crippen LogP) is 2.25. The first kappa shape index (κ1) is 12.2. The Hall–Kier alpha value is -0.230. The van der Waals surface area contributed by atoms with Crippen molar-refractivity contribution >= 4 is 31.5 Å². The summed E-state index contributed by atoms with van der Waals surface area (Å²) in [6, 6.07) is 7.42. The molecule has 0 saturated carbocycles. The van der Waals surface area contributed by atoms with Gasteiger partial charge in [0, 0.05) is 15.6 Å². The van der Waals surface area contributed by atoms with Crippen LogP contribution in [0.15, 0.2) is 29.2 Å². The van der Waals surface area contributed by atoms with Crippen LogP contribution in [0.1, 0.15) is 5.56 Å². The molecule has 16 heavy (non-hydrogen) atoms. The van der Waals surface area contributed by atoms with Gasteiger partial charge in [0.2, 0.25) is 9.05 Å². The number of hydrogen-bond acceptors (Lipinski definition) is 4. The maximum atomic E-state index is 11.1. The van der Waals surface area contributed by atoms with Crippen molar-refractivity contribution in [3.63, 3.8) is 0 Å². The molecule has 6 heteroatoms. The van der Waals surface area contributed by atoms with Crippen molar-refractivity contribution in [2.45, 2.75) is 15.9 Å². The molecular weight excluding hydrogens is 268 g/mol. The van der Waals surface area contributed by atoms with Crippen LogP contribution >= 0.6 is 22.4 Å². The zero-order valence-corrected chi connectivity index (χ0v) is 10.8. The molecule has 1 aliphatic heterocycles. The normalized spacial score (nSPS) is 17.1. The van der Waals surface area contributed by atoms with Crippen LogP contribution in [0.25, 0.3) is 0 Å². The van der Waals surface area contributed by atoms with Gasteiger partial charge in [0.25, 0.3) is 0 Å². The van der Waals surface area contributed by atoms with E-state index in [1.54, 1.807) is 17.8 Å². The second-order valence-electron chi connectivity index (χ2n) is 3.57. The zero-order chi connectivity index (χ0) is 11.6. The molecule has 0 atom stereocenters. The fraction of sp³-hybridized carbons (Fsp3) is 0.400. The fourth-order valence-electron chi connectivity index (χ4n) is 1.39. The SMILES string of the molecule is O=S(=O)(Cl)Cc1ccccc1SC1COC1. The average molecular weight is 279 g/mol. The molecule has 3 nitrogen and oxygen atoms in total. The molecule has 1 heterocycles. The molecule has 0 N–H and O–H groups in total. The highest BCUT2D eigenvalue weighted by molar-refractivity contribution is 8.13. The van der Waals surface area contributed by atoms with Gasteiger partial charge in [-0.05, 0) is 11.6 Å². The van der Waals surface area contributed by atoms with E-state index in [9.17, 15) is 8.42 Å². The molecule has 0 unspecified atom stereocenters. The second kappa shape index (κ2) is 4.96. The molecule has 0 bridgehead atoms. The Kier molecular flexibility index (Phi) is 3.79. The molecule has 2 rings (SSSR count). The van der Waals surface area contributed by atoms with Crippen LogP contribution in [0, 0.1) is 0 Å². The van der Waals surface area contributed by atoms with E-state index in [0.717, 1.165) is 23.7 Å². The Bertz CT molecular complexity index is 469. The van der Waals surface area contributed by atoms with Crippen molar-refractivity contribution < 1.29 is 13.2 Å². The predicted molar refractivity (Wildman–Crippen MR) is 65.4 cm³/mol. The molecule has 1 aromatic rings. The van der Waals surface area contributed by atoms with Gasteiger partial charge in [-0.15, -0.1) is 11.8 Å². The van der Waals surface area contributed by atoms with Crippen molar-refractivity contribution in [3.05, 3.63) is 29.8 Å². The Balaban J connectivity index is 2.16. The minimum atomic E-state index is -3.50. The van der Waals surface area contributed by atoms with Crippen LogP contribution in [0.2, 0.25) is 0 Å². The van der Waals surface area contributed by atoms with E-state index in [1.807, 2.05) is 18.2 Å². The van der Waals surface area contributed by atoms with Crippen LogP contribution in [-0.4, -0.2) is 26.9 Å². The monoisotopic (exact) mass is 278 g/mol. The summed E-state index contributed by atoms with van der Waals surface area (Å²) in [6.07, 6.45) is 0. The summed E-state index contributed by atoms with van der Waals surface area (Å²) in [5.41, 5.74) is 0.759. The van der Waals surface area contributed by atoms with Gasteiger partial charge < -0.3 is 4.74 Å². The summed E-state index contributed by atoms with van der Waals surface area (Å²) in [6.45, 7) is 1.46. The van der Waals surface area contributed by atoms with Gasteiger partial charge in [-0.3, -0.25) is 0 Å². The van der Waals surface area contributed by atoms with Crippen molar-refractivity contribution in [1.82, 2.24) is 0 Å². The minimum Gasteiger partial charge on any atom is -0.379 e. The fourth-order valence-corrected chi connectivity index (χ4v) is 3.59. The summed E-state index contributed by atoms with van der Waals surface area (Å²) in [4.78, 5) is 0.972. The molecule has 0 aromatic heterocycles. The topological polar surface area (TPSA) is 43.4 Å². The summed E-state index contributed by atoms with van der Waals surface area (Å²) < 4.78 is 27.2. The highest BCUT2D eigenvalue weighted by Crippen LogP contribution is 2.31. The number of thioether (sulfide) groups is 1. The Morgan fingerprint density at radius 3 is 2.62 bits per heavy atom. The van der Waals surface area contributed by atoms with Crippen molar-refractivity contribution in [3.8, 4) is 0 Å². The highest BCUT2D eigenvalue weighted by atomic mass is 35.7. The van der Waals surface area contributed by atoms with E-state index >= 15 is 0 Å². The van der Waals surface area contributed by atoms with Gasteiger partial charge in [-0.2, -0.15) is 0 Å². The Morgan fingerprint density at radius 1 is 1.38 bits per heavy atom. The molecule has 0 aliphatic carbocycles. The van der Waals surface area contributed by atoms with Gasteiger partial charge >= 0.3 is 0 Å². The summed E-state index contributed by atoms with van der Waals surface area (Å²) in [5, 5.41) is 0.430. The highest BCUT2D eigenvalue weighted by Gasteiger charge is 2.21. The van der Waals surface area contributed by atoms with Crippen molar-refractivity contribution in [1.29, 1.82) is 0 Å². The maximum absolute atomic E-state index is 11.1.